The van der Waals surface area contributed by atoms with Gasteiger partial charge in [-0.25, -0.2) is 0 Å². The lowest BCUT2D eigenvalue weighted by molar-refractivity contribution is -0.140. The molecular formula is C25H24N2O8. The number of likely N-dealkylation sites (tertiary alicyclic amines) is 1. The van der Waals surface area contributed by atoms with Crippen LogP contribution in [0, 0.1) is 0 Å². The van der Waals surface area contributed by atoms with E-state index in [0.717, 1.165) is 13.1 Å². The number of hydrogen-bond donors (Lipinski definition) is 1. The van der Waals surface area contributed by atoms with Crippen molar-refractivity contribution >= 4 is 17.4 Å². The van der Waals surface area contributed by atoms with E-state index in [1.807, 2.05) is 0 Å². The Kier molecular flexibility index (Phi) is 5.46. The first-order valence-electron chi connectivity index (χ1n) is 11.5. The van der Waals surface area contributed by atoms with Crippen LogP contribution in [0.4, 0.5) is 0 Å². The van der Waals surface area contributed by atoms with Crippen molar-refractivity contribution < 1.29 is 38.4 Å². The van der Waals surface area contributed by atoms with Gasteiger partial charge in [0.1, 0.15) is 5.76 Å². The van der Waals surface area contributed by atoms with E-state index in [0.29, 0.717) is 60.4 Å². The van der Waals surface area contributed by atoms with Gasteiger partial charge in [-0.3, -0.25) is 14.5 Å². The smallest absolute Gasteiger partial charge is 0.295 e. The van der Waals surface area contributed by atoms with Crippen LogP contribution in [0.1, 0.15) is 17.2 Å². The Balaban J connectivity index is 1.40. The van der Waals surface area contributed by atoms with Crippen molar-refractivity contribution in [2.45, 2.75) is 6.04 Å². The molecule has 0 aromatic heterocycles. The number of carbonyl (C=O) groups excluding carboxylic acids is 2. The first-order chi connectivity index (χ1) is 17.1. The molecule has 10 heteroatoms. The van der Waals surface area contributed by atoms with Gasteiger partial charge in [0.25, 0.3) is 11.7 Å². The molecule has 2 saturated heterocycles. The van der Waals surface area contributed by atoms with E-state index in [1.165, 1.54) is 4.90 Å². The molecule has 10 nitrogen and oxygen atoms in total. The molecule has 0 aliphatic carbocycles. The SMILES string of the molecule is O=C1C(=O)N(CCN2CCOCC2)C(c2ccc3c(c2)OCO3)C1=C(O)c1ccc2c(c1)OCO2. The van der Waals surface area contributed by atoms with Gasteiger partial charge in [0.2, 0.25) is 13.6 Å². The predicted octanol–water partition coefficient (Wildman–Crippen LogP) is 1.90. The summed E-state index contributed by atoms with van der Waals surface area (Å²) in [6, 6.07) is 9.43. The molecular weight excluding hydrogens is 456 g/mol. The number of nitrogens with zero attached hydrogens (tertiary/aromatic N) is 2. The highest BCUT2D eigenvalue weighted by Crippen LogP contribution is 2.44. The number of ketones is 1. The summed E-state index contributed by atoms with van der Waals surface area (Å²) in [5, 5.41) is 11.3. The van der Waals surface area contributed by atoms with Crippen molar-refractivity contribution in [1.29, 1.82) is 0 Å². The molecule has 1 N–H and O–H groups in total. The number of ether oxygens (including phenoxy) is 5. The molecule has 2 aromatic carbocycles. The minimum absolute atomic E-state index is 0.0229. The molecule has 4 aliphatic rings. The monoisotopic (exact) mass is 480 g/mol. The molecule has 1 atom stereocenters. The van der Waals surface area contributed by atoms with E-state index in [1.54, 1.807) is 36.4 Å². The minimum atomic E-state index is -0.782. The van der Waals surface area contributed by atoms with Gasteiger partial charge < -0.3 is 33.7 Å². The standard InChI is InChI=1S/C25H24N2O8/c28-23(16-2-4-18-20(12-16)35-14-33-18)21-22(15-1-3-17-19(11-15)34-13-32-17)27(25(30)24(21)29)6-5-26-7-9-31-10-8-26/h1-4,11-12,22,28H,5-10,13-14H2. The molecule has 4 heterocycles. The Labute approximate surface area is 201 Å². The summed E-state index contributed by atoms with van der Waals surface area (Å²) in [5.74, 6) is 0.500. The van der Waals surface area contributed by atoms with Gasteiger partial charge in [-0.1, -0.05) is 6.07 Å². The molecule has 0 bridgehead atoms. The number of morpholine rings is 1. The van der Waals surface area contributed by atoms with Crippen LogP contribution in [0.2, 0.25) is 0 Å². The van der Waals surface area contributed by atoms with Gasteiger partial charge in [-0.05, 0) is 35.9 Å². The Morgan fingerprint density at radius 2 is 1.51 bits per heavy atom. The summed E-state index contributed by atoms with van der Waals surface area (Å²) in [5.41, 5.74) is 1.04. The third-order valence-corrected chi connectivity index (χ3v) is 6.66. The number of Topliss-reactive ketones (excluding diaryl/α,β-unsaturated/α-hetero) is 1. The zero-order valence-corrected chi connectivity index (χ0v) is 18.9. The van der Waals surface area contributed by atoms with Crippen molar-refractivity contribution in [3.05, 3.63) is 53.1 Å². The van der Waals surface area contributed by atoms with E-state index < -0.39 is 17.7 Å². The largest absolute Gasteiger partial charge is 0.507 e. The third-order valence-electron chi connectivity index (χ3n) is 6.66. The van der Waals surface area contributed by atoms with Crippen molar-refractivity contribution in [3.8, 4) is 23.0 Å². The van der Waals surface area contributed by atoms with E-state index in [4.69, 9.17) is 23.7 Å². The van der Waals surface area contributed by atoms with Crippen LogP contribution in [0.15, 0.2) is 42.0 Å². The Morgan fingerprint density at radius 3 is 2.26 bits per heavy atom. The molecule has 182 valence electrons. The van der Waals surface area contributed by atoms with Gasteiger partial charge in [0, 0.05) is 31.7 Å². The first-order valence-corrected chi connectivity index (χ1v) is 11.5. The van der Waals surface area contributed by atoms with Crippen LogP contribution in [0.3, 0.4) is 0 Å². The van der Waals surface area contributed by atoms with Crippen LogP contribution in [-0.2, 0) is 14.3 Å². The zero-order chi connectivity index (χ0) is 23.9. The molecule has 2 aromatic rings. The summed E-state index contributed by atoms with van der Waals surface area (Å²) in [7, 11) is 0. The number of fused-ring (bicyclic) bond motifs is 2. The maximum atomic E-state index is 13.3. The quantitative estimate of drug-likeness (QED) is 0.390. The lowest BCUT2D eigenvalue weighted by Crippen LogP contribution is -2.42. The second-order valence-corrected chi connectivity index (χ2v) is 8.63. The highest BCUT2D eigenvalue weighted by Gasteiger charge is 2.46. The van der Waals surface area contributed by atoms with E-state index in [2.05, 4.69) is 4.90 Å². The van der Waals surface area contributed by atoms with Gasteiger partial charge in [-0.2, -0.15) is 0 Å². The predicted molar refractivity (Wildman–Crippen MR) is 121 cm³/mol. The second kappa shape index (κ2) is 8.79. The molecule has 4 aliphatic heterocycles. The maximum Gasteiger partial charge on any atom is 0.295 e. The van der Waals surface area contributed by atoms with Gasteiger partial charge >= 0.3 is 0 Å². The van der Waals surface area contributed by atoms with Crippen molar-refractivity contribution in [1.82, 2.24) is 9.80 Å². The summed E-state index contributed by atoms with van der Waals surface area (Å²) in [6.07, 6.45) is 0. The van der Waals surface area contributed by atoms with Crippen LogP contribution >= 0.6 is 0 Å². The summed E-state index contributed by atoms with van der Waals surface area (Å²) in [4.78, 5) is 30.2. The minimum Gasteiger partial charge on any atom is -0.507 e. The molecule has 35 heavy (non-hydrogen) atoms. The number of rotatable bonds is 5. The first kappa shape index (κ1) is 21.8. The Morgan fingerprint density at radius 1 is 0.857 bits per heavy atom. The average molecular weight is 480 g/mol. The lowest BCUT2D eigenvalue weighted by Gasteiger charge is -2.31. The van der Waals surface area contributed by atoms with Crippen molar-refractivity contribution in [2.24, 2.45) is 0 Å². The fourth-order valence-corrected chi connectivity index (χ4v) is 4.81. The van der Waals surface area contributed by atoms with E-state index >= 15 is 0 Å². The highest BCUT2D eigenvalue weighted by molar-refractivity contribution is 6.46. The zero-order valence-electron chi connectivity index (χ0n) is 18.9. The van der Waals surface area contributed by atoms with Crippen molar-refractivity contribution in [3.63, 3.8) is 0 Å². The maximum absolute atomic E-state index is 13.3. The second-order valence-electron chi connectivity index (χ2n) is 8.63. The number of benzene rings is 2. The van der Waals surface area contributed by atoms with Gasteiger partial charge in [-0.15, -0.1) is 0 Å². The molecule has 0 saturated carbocycles. The van der Waals surface area contributed by atoms with Crippen LogP contribution in [0.25, 0.3) is 5.76 Å². The molecule has 0 radical (unpaired) electrons. The average Bonchev–Trinajstić information content (AvgIpc) is 3.61. The van der Waals surface area contributed by atoms with Crippen LogP contribution < -0.4 is 18.9 Å². The van der Waals surface area contributed by atoms with Gasteiger partial charge in [0.05, 0.1) is 24.8 Å². The third kappa shape index (κ3) is 3.84. The molecule has 2 fully saturated rings. The molecule has 1 amide bonds. The van der Waals surface area contributed by atoms with Gasteiger partial charge in [0.15, 0.2) is 23.0 Å². The topological polar surface area (TPSA) is 107 Å². The number of carbonyl (C=O) groups is 2. The molecule has 1 unspecified atom stereocenters. The molecule has 6 rings (SSSR count). The summed E-state index contributed by atoms with van der Waals surface area (Å²) < 4.78 is 27.1. The van der Waals surface area contributed by atoms with E-state index in [-0.39, 0.29) is 24.9 Å². The normalized spacial score (nSPS) is 22.7. The Hall–Kier alpha value is -3.76. The van der Waals surface area contributed by atoms with E-state index in [9.17, 15) is 14.7 Å². The highest BCUT2D eigenvalue weighted by atomic mass is 16.7. The summed E-state index contributed by atoms with van der Waals surface area (Å²) in [6.45, 7) is 3.88. The van der Waals surface area contributed by atoms with Crippen LogP contribution in [0.5, 0.6) is 23.0 Å². The lowest BCUT2D eigenvalue weighted by atomic mass is 9.95. The Bertz CT molecular complexity index is 1220. The number of aliphatic hydroxyl groups is 1. The number of aliphatic hydroxyl groups excluding tert-OH is 1. The number of amides is 1. The fraction of sp³-hybridized carbons (Fsp3) is 0.360. The van der Waals surface area contributed by atoms with Crippen molar-refractivity contribution in [2.75, 3.05) is 53.0 Å². The molecule has 0 spiro atoms. The fourth-order valence-electron chi connectivity index (χ4n) is 4.81. The van der Waals surface area contributed by atoms with Crippen LogP contribution in [-0.4, -0.2) is 79.6 Å². The number of hydrogen-bond acceptors (Lipinski definition) is 9. The summed E-state index contributed by atoms with van der Waals surface area (Å²) >= 11 is 0.